The van der Waals surface area contributed by atoms with E-state index in [4.69, 9.17) is 16.0 Å². The van der Waals surface area contributed by atoms with E-state index >= 15 is 0 Å². The summed E-state index contributed by atoms with van der Waals surface area (Å²) in [6.45, 7) is 1.81. The summed E-state index contributed by atoms with van der Waals surface area (Å²) in [5.41, 5.74) is 1.29. The van der Waals surface area contributed by atoms with E-state index in [1.54, 1.807) is 47.8 Å². The molecule has 1 unspecified atom stereocenters. The molecule has 0 saturated heterocycles. The SMILES string of the molecule is Cc1cc(Cl)ccc1N1C(=O)C(O)=C(C(=O)c2cccs2)C1c1ccco1. The van der Waals surface area contributed by atoms with Crippen molar-refractivity contribution in [3.63, 3.8) is 0 Å². The molecule has 1 N–H and O–H groups in total. The smallest absolute Gasteiger partial charge is 0.294 e. The second kappa shape index (κ2) is 6.72. The van der Waals surface area contributed by atoms with Crippen molar-refractivity contribution in [1.29, 1.82) is 0 Å². The maximum Gasteiger partial charge on any atom is 0.294 e. The van der Waals surface area contributed by atoms with Crippen molar-refractivity contribution in [2.24, 2.45) is 0 Å². The Hall–Kier alpha value is -2.83. The van der Waals surface area contributed by atoms with E-state index < -0.39 is 23.5 Å². The number of carbonyl (C=O) groups is 2. The van der Waals surface area contributed by atoms with Crippen LogP contribution in [0, 0.1) is 6.92 Å². The predicted octanol–water partition coefficient (Wildman–Crippen LogP) is 5.09. The molecule has 27 heavy (non-hydrogen) atoms. The van der Waals surface area contributed by atoms with Gasteiger partial charge in [-0.05, 0) is 54.3 Å². The Bertz CT molecular complexity index is 1050. The molecule has 136 valence electrons. The molecule has 3 aromatic rings. The Morgan fingerprint density at radius 2 is 2.07 bits per heavy atom. The van der Waals surface area contributed by atoms with Gasteiger partial charge in [-0.1, -0.05) is 17.7 Å². The molecule has 0 spiro atoms. The number of halogens is 1. The first-order chi connectivity index (χ1) is 13.0. The number of carbonyl (C=O) groups excluding carboxylic acids is 2. The van der Waals surface area contributed by atoms with Gasteiger partial charge in [0.2, 0.25) is 5.78 Å². The van der Waals surface area contributed by atoms with E-state index in [9.17, 15) is 14.7 Å². The van der Waals surface area contributed by atoms with E-state index in [-0.39, 0.29) is 5.57 Å². The second-order valence-electron chi connectivity index (χ2n) is 6.09. The van der Waals surface area contributed by atoms with Gasteiger partial charge in [-0.15, -0.1) is 11.3 Å². The van der Waals surface area contributed by atoms with Crippen molar-refractivity contribution in [2.75, 3.05) is 4.90 Å². The van der Waals surface area contributed by atoms with E-state index in [0.29, 0.717) is 21.3 Å². The summed E-state index contributed by atoms with van der Waals surface area (Å²) in [5, 5.41) is 12.9. The van der Waals surface area contributed by atoms with Gasteiger partial charge >= 0.3 is 0 Å². The molecule has 0 bridgehead atoms. The minimum Gasteiger partial charge on any atom is -0.503 e. The molecule has 0 saturated carbocycles. The number of hydrogen-bond donors (Lipinski definition) is 1. The predicted molar refractivity (Wildman–Crippen MR) is 103 cm³/mol. The molecule has 1 atom stereocenters. The largest absolute Gasteiger partial charge is 0.503 e. The maximum atomic E-state index is 13.0. The zero-order valence-electron chi connectivity index (χ0n) is 14.2. The van der Waals surface area contributed by atoms with Gasteiger partial charge in [0.25, 0.3) is 5.91 Å². The molecule has 0 radical (unpaired) electrons. The van der Waals surface area contributed by atoms with Crippen LogP contribution in [0.4, 0.5) is 5.69 Å². The molecule has 2 aromatic heterocycles. The lowest BCUT2D eigenvalue weighted by molar-refractivity contribution is -0.117. The molecule has 1 aliphatic rings. The summed E-state index contributed by atoms with van der Waals surface area (Å²) >= 11 is 7.29. The number of aryl methyl sites for hydroxylation is 1. The van der Waals surface area contributed by atoms with Gasteiger partial charge in [0.05, 0.1) is 16.7 Å². The molecule has 1 aliphatic heterocycles. The quantitative estimate of drug-likeness (QED) is 0.620. The van der Waals surface area contributed by atoms with Crippen LogP contribution in [0.25, 0.3) is 0 Å². The van der Waals surface area contributed by atoms with Crippen LogP contribution in [0.3, 0.4) is 0 Å². The summed E-state index contributed by atoms with van der Waals surface area (Å²) in [6, 6.07) is 11.0. The maximum absolute atomic E-state index is 13.0. The summed E-state index contributed by atoms with van der Waals surface area (Å²) in [7, 11) is 0. The van der Waals surface area contributed by atoms with Crippen LogP contribution >= 0.6 is 22.9 Å². The second-order valence-corrected chi connectivity index (χ2v) is 7.48. The number of thiophene rings is 1. The highest BCUT2D eigenvalue weighted by molar-refractivity contribution is 7.12. The monoisotopic (exact) mass is 399 g/mol. The Morgan fingerprint density at radius 1 is 1.26 bits per heavy atom. The topological polar surface area (TPSA) is 70.8 Å². The van der Waals surface area contributed by atoms with Crippen molar-refractivity contribution in [3.8, 4) is 0 Å². The van der Waals surface area contributed by atoms with E-state index in [0.717, 1.165) is 5.56 Å². The molecule has 5 nitrogen and oxygen atoms in total. The fourth-order valence-electron chi connectivity index (χ4n) is 3.23. The summed E-state index contributed by atoms with van der Waals surface area (Å²) in [6.07, 6.45) is 1.47. The van der Waals surface area contributed by atoms with Crippen LogP contribution in [0.1, 0.15) is 27.0 Å². The van der Waals surface area contributed by atoms with Crippen molar-refractivity contribution in [3.05, 3.63) is 86.7 Å². The van der Waals surface area contributed by atoms with E-state index in [1.165, 1.54) is 22.5 Å². The van der Waals surface area contributed by atoms with Gasteiger partial charge in [0.15, 0.2) is 5.76 Å². The summed E-state index contributed by atoms with van der Waals surface area (Å²) in [4.78, 5) is 27.8. The average Bonchev–Trinajstić information content (AvgIpc) is 3.38. The van der Waals surface area contributed by atoms with Gasteiger partial charge in [0.1, 0.15) is 11.8 Å². The number of aliphatic hydroxyl groups excluding tert-OH is 1. The molecule has 1 aromatic carbocycles. The number of ketones is 1. The van der Waals surface area contributed by atoms with Crippen LogP contribution < -0.4 is 4.90 Å². The van der Waals surface area contributed by atoms with Crippen molar-refractivity contribution < 1.29 is 19.1 Å². The van der Waals surface area contributed by atoms with Crippen molar-refractivity contribution in [2.45, 2.75) is 13.0 Å². The van der Waals surface area contributed by atoms with Gasteiger partial charge in [-0.2, -0.15) is 0 Å². The van der Waals surface area contributed by atoms with E-state index in [1.807, 2.05) is 6.92 Å². The third-order valence-electron chi connectivity index (χ3n) is 4.43. The fraction of sp³-hybridized carbons (Fsp3) is 0.100. The lowest BCUT2D eigenvalue weighted by Gasteiger charge is -2.26. The molecular weight excluding hydrogens is 386 g/mol. The Labute approximate surface area is 164 Å². The summed E-state index contributed by atoms with van der Waals surface area (Å²) < 4.78 is 5.51. The highest BCUT2D eigenvalue weighted by atomic mass is 35.5. The molecule has 4 rings (SSSR count). The third-order valence-corrected chi connectivity index (χ3v) is 5.53. The fourth-order valence-corrected chi connectivity index (χ4v) is 4.14. The minimum atomic E-state index is -0.859. The molecule has 7 heteroatoms. The van der Waals surface area contributed by atoms with Gasteiger partial charge < -0.3 is 9.52 Å². The standard InChI is InChI=1S/C20H14ClNO4S/c1-11-10-12(21)6-7-13(11)22-17(14-4-2-8-26-14)16(19(24)20(22)25)18(23)15-5-3-9-27-15/h2-10,17,24H,1H3. The lowest BCUT2D eigenvalue weighted by Crippen LogP contribution is -2.31. The van der Waals surface area contributed by atoms with Crippen LogP contribution in [0.2, 0.25) is 5.02 Å². The number of amides is 1. The Balaban J connectivity index is 1.89. The zero-order valence-corrected chi connectivity index (χ0v) is 15.8. The molecule has 0 aliphatic carbocycles. The molecule has 0 fully saturated rings. The first-order valence-electron chi connectivity index (χ1n) is 8.13. The average molecular weight is 400 g/mol. The number of Topliss-reactive ketones (excluding diaryl/α,β-unsaturated/α-hetero) is 1. The van der Waals surface area contributed by atoms with Gasteiger partial charge in [-0.25, -0.2) is 0 Å². The van der Waals surface area contributed by atoms with Crippen LogP contribution in [-0.4, -0.2) is 16.8 Å². The van der Waals surface area contributed by atoms with E-state index in [2.05, 4.69) is 0 Å². The van der Waals surface area contributed by atoms with Crippen molar-refractivity contribution in [1.82, 2.24) is 0 Å². The highest BCUT2D eigenvalue weighted by Gasteiger charge is 2.46. The highest BCUT2D eigenvalue weighted by Crippen LogP contribution is 2.43. The van der Waals surface area contributed by atoms with Gasteiger partial charge in [-0.3, -0.25) is 14.5 Å². The van der Waals surface area contributed by atoms with Crippen molar-refractivity contribution >= 4 is 40.3 Å². The van der Waals surface area contributed by atoms with Crippen LogP contribution in [0.5, 0.6) is 0 Å². The normalized spacial score (nSPS) is 17.0. The Kier molecular flexibility index (Phi) is 4.37. The number of rotatable bonds is 4. The number of furan rings is 1. The first-order valence-corrected chi connectivity index (χ1v) is 9.39. The summed E-state index contributed by atoms with van der Waals surface area (Å²) in [5.74, 6) is -1.22. The first kappa shape index (κ1) is 17.6. The number of nitrogens with zero attached hydrogens (tertiary/aromatic N) is 1. The van der Waals surface area contributed by atoms with Crippen LogP contribution in [-0.2, 0) is 4.79 Å². The zero-order chi connectivity index (χ0) is 19.1. The number of anilines is 1. The molecule has 1 amide bonds. The third kappa shape index (κ3) is 2.87. The Morgan fingerprint density at radius 3 is 2.70 bits per heavy atom. The number of aliphatic hydroxyl groups is 1. The number of hydrogen-bond acceptors (Lipinski definition) is 5. The lowest BCUT2D eigenvalue weighted by atomic mass is 9.99. The molecular formula is C20H14ClNO4S. The number of benzene rings is 1. The molecule has 3 heterocycles. The van der Waals surface area contributed by atoms with Crippen LogP contribution in [0.15, 0.2) is 69.9 Å². The minimum absolute atomic E-state index is 0.00625. The van der Waals surface area contributed by atoms with Gasteiger partial charge in [0, 0.05) is 10.7 Å².